The van der Waals surface area contributed by atoms with Crippen LogP contribution in [0, 0.1) is 0 Å². The van der Waals surface area contributed by atoms with Gasteiger partial charge in [-0.2, -0.15) is 0 Å². The normalized spacial score (nSPS) is 10.6. The van der Waals surface area contributed by atoms with Gasteiger partial charge in [-0.05, 0) is 42.5 Å². The third-order valence-corrected chi connectivity index (χ3v) is 4.85. The predicted octanol–water partition coefficient (Wildman–Crippen LogP) is 6.39. The summed E-state index contributed by atoms with van der Waals surface area (Å²) in [4.78, 5) is 16.8. The molecule has 0 unspecified atom stereocenters. The van der Waals surface area contributed by atoms with Crippen LogP contribution in [0.2, 0.25) is 5.02 Å². The second-order valence-corrected chi connectivity index (χ2v) is 7.09. The molecule has 0 aliphatic rings. The largest absolute Gasteiger partial charge is 0.455 e. The number of thiazole rings is 1. The van der Waals surface area contributed by atoms with Crippen molar-refractivity contribution in [3.63, 3.8) is 0 Å². The van der Waals surface area contributed by atoms with Gasteiger partial charge in [0.25, 0.3) is 0 Å². The standard InChI is InChI=1S/C20H14ClN3O2S/c21-13-10-11-16-18(12-13)27-20(23-16)24-19(25)22-15-8-4-5-9-17(15)26-14-6-2-1-3-7-14/h1-12H,(H2,22,23,24,25). The van der Waals surface area contributed by atoms with E-state index >= 15 is 0 Å². The zero-order valence-corrected chi connectivity index (χ0v) is 15.6. The van der Waals surface area contributed by atoms with Gasteiger partial charge < -0.3 is 10.1 Å². The number of fused-ring (bicyclic) bond motifs is 1. The number of carbonyl (C=O) groups excluding carboxylic acids is 1. The maximum atomic E-state index is 12.4. The van der Waals surface area contributed by atoms with Crippen molar-refractivity contribution in [3.05, 3.63) is 77.8 Å². The molecule has 0 fully saturated rings. The second-order valence-electron chi connectivity index (χ2n) is 5.62. The maximum Gasteiger partial charge on any atom is 0.325 e. The Labute approximate surface area is 164 Å². The molecular weight excluding hydrogens is 382 g/mol. The number of ether oxygens (including phenoxy) is 1. The summed E-state index contributed by atoms with van der Waals surface area (Å²) < 4.78 is 6.76. The highest BCUT2D eigenvalue weighted by Gasteiger charge is 2.11. The van der Waals surface area contributed by atoms with Gasteiger partial charge in [0.05, 0.1) is 15.9 Å². The molecule has 4 rings (SSSR count). The van der Waals surface area contributed by atoms with E-state index in [9.17, 15) is 4.79 Å². The van der Waals surface area contributed by atoms with E-state index in [2.05, 4.69) is 15.6 Å². The Balaban J connectivity index is 1.49. The molecule has 7 heteroatoms. The van der Waals surface area contributed by atoms with Crippen molar-refractivity contribution in [1.29, 1.82) is 0 Å². The third kappa shape index (κ3) is 4.19. The fourth-order valence-electron chi connectivity index (χ4n) is 2.48. The molecule has 0 bridgehead atoms. The molecule has 134 valence electrons. The summed E-state index contributed by atoms with van der Waals surface area (Å²) in [6.45, 7) is 0. The lowest BCUT2D eigenvalue weighted by Crippen LogP contribution is -2.19. The zero-order valence-electron chi connectivity index (χ0n) is 14.0. The van der Waals surface area contributed by atoms with Crippen molar-refractivity contribution in [2.75, 3.05) is 10.6 Å². The first-order chi connectivity index (χ1) is 13.2. The molecule has 3 aromatic carbocycles. The fraction of sp³-hybridized carbons (Fsp3) is 0. The molecule has 2 N–H and O–H groups in total. The van der Waals surface area contributed by atoms with Crippen LogP contribution >= 0.6 is 22.9 Å². The number of halogens is 1. The topological polar surface area (TPSA) is 63.2 Å². The molecule has 1 aromatic heterocycles. The number of nitrogens with one attached hydrogen (secondary N) is 2. The fourth-order valence-corrected chi connectivity index (χ4v) is 3.61. The molecule has 0 atom stereocenters. The van der Waals surface area contributed by atoms with Gasteiger partial charge >= 0.3 is 6.03 Å². The molecule has 5 nitrogen and oxygen atoms in total. The lowest BCUT2D eigenvalue weighted by Gasteiger charge is -2.12. The van der Waals surface area contributed by atoms with Crippen molar-refractivity contribution in [2.24, 2.45) is 0 Å². The highest BCUT2D eigenvalue weighted by atomic mass is 35.5. The molecule has 27 heavy (non-hydrogen) atoms. The lowest BCUT2D eigenvalue weighted by atomic mass is 10.3. The van der Waals surface area contributed by atoms with Crippen molar-refractivity contribution >= 4 is 50.0 Å². The third-order valence-electron chi connectivity index (χ3n) is 3.68. The van der Waals surface area contributed by atoms with E-state index in [0.29, 0.717) is 27.3 Å². The average Bonchev–Trinajstić information content (AvgIpc) is 3.05. The number of amides is 2. The quantitative estimate of drug-likeness (QED) is 0.421. The van der Waals surface area contributed by atoms with Gasteiger partial charge in [0.2, 0.25) is 0 Å². The Morgan fingerprint density at radius 3 is 2.59 bits per heavy atom. The Morgan fingerprint density at radius 2 is 1.74 bits per heavy atom. The zero-order chi connectivity index (χ0) is 18.6. The first-order valence-electron chi connectivity index (χ1n) is 8.13. The highest BCUT2D eigenvalue weighted by Crippen LogP contribution is 2.30. The summed E-state index contributed by atoms with van der Waals surface area (Å²) in [6.07, 6.45) is 0. The maximum absolute atomic E-state index is 12.4. The number of para-hydroxylation sites is 3. The smallest absolute Gasteiger partial charge is 0.325 e. The summed E-state index contributed by atoms with van der Waals surface area (Å²) in [7, 11) is 0. The summed E-state index contributed by atoms with van der Waals surface area (Å²) in [6, 6.07) is 21.6. The lowest BCUT2D eigenvalue weighted by molar-refractivity contribution is 0.262. The first kappa shape index (κ1) is 17.3. The molecule has 0 radical (unpaired) electrons. The number of aromatic nitrogens is 1. The van der Waals surface area contributed by atoms with Gasteiger partial charge in [-0.25, -0.2) is 9.78 Å². The van der Waals surface area contributed by atoms with Crippen LogP contribution in [-0.4, -0.2) is 11.0 Å². The summed E-state index contributed by atoms with van der Waals surface area (Å²) >= 11 is 7.35. The number of anilines is 2. The van der Waals surface area contributed by atoms with E-state index in [1.807, 2.05) is 54.6 Å². The van der Waals surface area contributed by atoms with Gasteiger partial charge in [0.1, 0.15) is 5.75 Å². The average molecular weight is 396 g/mol. The van der Waals surface area contributed by atoms with E-state index in [0.717, 1.165) is 10.2 Å². The van der Waals surface area contributed by atoms with Crippen LogP contribution in [0.25, 0.3) is 10.2 Å². The Hall–Kier alpha value is -3.09. The number of urea groups is 1. The molecule has 0 aliphatic carbocycles. The summed E-state index contributed by atoms with van der Waals surface area (Å²) in [5.41, 5.74) is 1.34. The number of rotatable bonds is 4. The second kappa shape index (κ2) is 7.65. The van der Waals surface area contributed by atoms with Gasteiger partial charge in [-0.3, -0.25) is 5.32 Å². The van der Waals surface area contributed by atoms with Crippen LogP contribution in [0.1, 0.15) is 0 Å². The van der Waals surface area contributed by atoms with Crippen molar-refractivity contribution in [1.82, 2.24) is 4.98 Å². The Bertz CT molecular complexity index is 1100. The number of benzene rings is 3. The number of hydrogen-bond acceptors (Lipinski definition) is 4. The van der Waals surface area contributed by atoms with Crippen LogP contribution in [0.3, 0.4) is 0 Å². The SMILES string of the molecule is O=C(Nc1nc2ccc(Cl)cc2s1)Nc1ccccc1Oc1ccccc1. The van der Waals surface area contributed by atoms with E-state index < -0.39 is 6.03 Å². The van der Waals surface area contributed by atoms with E-state index in [4.69, 9.17) is 16.3 Å². The minimum absolute atomic E-state index is 0.399. The van der Waals surface area contributed by atoms with Gasteiger partial charge in [0.15, 0.2) is 10.9 Å². The molecule has 4 aromatic rings. The number of nitrogens with zero attached hydrogens (tertiary/aromatic N) is 1. The van der Waals surface area contributed by atoms with Crippen LogP contribution < -0.4 is 15.4 Å². The van der Waals surface area contributed by atoms with Crippen molar-refractivity contribution < 1.29 is 9.53 Å². The van der Waals surface area contributed by atoms with Crippen molar-refractivity contribution in [3.8, 4) is 11.5 Å². The monoisotopic (exact) mass is 395 g/mol. The minimum Gasteiger partial charge on any atom is -0.455 e. The molecule has 0 spiro atoms. The Kier molecular flexibility index (Phi) is 4.91. The number of hydrogen-bond donors (Lipinski definition) is 2. The van der Waals surface area contributed by atoms with E-state index in [1.165, 1.54) is 11.3 Å². The predicted molar refractivity (Wildman–Crippen MR) is 110 cm³/mol. The van der Waals surface area contributed by atoms with Crippen molar-refractivity contribution in [2.45, 2.75) is 0 Å². The highest BCUT2D eigenvalue weighted by molar-refractivity contribution is 7.22. The van der Waals surface area contributed by atoms with Crippen LogP contribution in [0.5, 0.6) is 11.5 Å². The Morgan fingerprint density at radius 1 is 0.963 bits per heavy atom. The molecular formula is C20H14ClN3O2S. The molecule has 0 saturated heterocycles. The van der Waals surface area contributed by atoms with Gasteiger partial charge in [-0.15, -0.1) is 0 Å². The van der Waals surface area contributed by atoms with Gasteiger partial charge in [-0.1, -0.05) is 53.3 Å². The van der Waals surface area contributed by atoms with Crippen LogP contribution in [-0.2, 0) is 0 Å². The minimum atomic E-state index is -0.399. The molecule has 1 heterocycles. The van der Waals surface area contributed by atoms with E-state index in [-0.39, 0.29) is 0 Å². The van der Waals surface area contributed by atoms with Crippen LogP contribution in [0.15, 0.2) is 72.8 Å². The molecule has 0 aliphatic heterocycles. The molecule has 0 saturated carbocycles. The summed E-state index contributed by atoms with van der Waals surface area (Å²) in [5.74, 6) is 1.24. The molecule has 2 amide bonds. The number of carbonyl (C=O) groups is 1. The van der Waals surface area contributed by atoms with Gasteiger partial charge in [0, 0.05) is 5.02 Å². The van der Waals surface area contributed by atoms with E-state index in [1.54, 1.807) is 18.2 Å². The summed E-state index contributed by atoms with van der Waals surface area (Å²) in [5, 5.41) is 6.67. The van der Waals surface area contributed by atoms with Crippen LogP contribution in [0.4, 0.5) is 15.6 Å². The first-order valence-corrected chi connectivity index (χ1v) is 9.33.